The molecular weight excluding hydrogens is 264 g/mol. The topological polar surface area (TPSA) is 34.9 Å². The summed E-state index contributed by atoms with van der Waals surface area (Å²) in [6, 6.07) is 5.67. The number of nitrogens with zero attached hydrogens (tertiary/aromatic N) is 2. The van der Waals surface area contributed by atoms with Crippen LogP contribution in [0.5, 0.6) is 0 Å². The molecule has 0 saturated heterocycles. The number of aromatic nitrogens is 2. The van der Waals surface area contributed by atoms with Crippen LogP contribution in [0.4, 0.5) is 0 Å². The molecule has 2 aromatic heterocycles. The van der Waals surface area contributed by atoms with Crippen LogP contribution in [0, 0.1) is 0 Å². The van der Waals surface area contributed by atoms with Crippen molar-refractivity contribution < 1.29 is 0 Å². The highest BCUT2D eigenvalue weighted by atomic mass is 79.9. The fourth-order valence-electron chi connectivity index (χ4n) is 1.12. The minimum Gasteiger partial charge on any atom is -0.300 e. The van der Waals surface area contributed by atoms with Gasteiger partial charge in [0.25, 0.3) is 0 Å². The maximum atomic E-state index is 11.3. The van der Waals surface area contributed by atoms with E-state index in [9.17, 15) is 4.79 Å². The number of pyridine rings is 1. The minimum atomic E-state index is 0.0479. The Labute approximate surface area is 93.2 Å². The highest BCUT2D eigenvalue weighted by Crippen LogP contribution is 2.07. The molecule has 2 heterocycles. The molecule has 5 heteroatoms. The molecule has 0 bridgehead atoms. The Balaban J connectivity index is 2.27. The summed E-state index contributed by atoms with van der Waals surface area (Å²) in [6.45, 7) is 0.530. The van der Waals surface area contributed by atoms with Gasteiger partial charge in [-0.25, -0.2) is 4.98 Å². The van der Waals surface area contributed by atoms with Crippen molar-refractivity contribution in [2.24, 2.45) is 0 Å². The molecule has 3 nitrogen and oxygen atoms in total. The Morgan fingerprint density at radius 2 is 2.36 bits per heavy atom. The summed E-state index contributed by atoms with van der Waals surface area (Å²) < 4.78 is 2.43. The molecule has 72 valence electrons. The van der Waals surface area contributed by atoms with Crippen LogP contribution < -0.4 is 4.87 Å². The van der Waals surface area contributed by atoms with Crippen LogP contribution in [0.3, 0.4) is 0 Å². The van der Waals surface area contributed by atoms with Crippen molar-refractivity contribution in [2.45, 2.75) is 6.54 Å². The second kappa shape index (κ2) is 4.06. The van der Waals surface area contributed by atoms with Crippen LogP contribution in [0.1, 0.15) is 5.69 Å². The summed E-state index contributed by atoms with van der Waals surface area (Å²) in [5.74, 6) is 0. The lowest BCUT2D eigenvalue weighted by molar-refractivity contribution is 0.759. The van der Waals surface area contributed by atoms with Gasteiger partial charge in [0.1, 0.15) is 4.60 Å². The van der Waals surface area contributed by atoms with Crippen molar-refractivity contribution in [1.82, 2.24) is 9.55 Å². The molecule has 0 N–H and O–H groups in total. The van der Waals surface area contributed by atoms with Gasteiger partial charge < -0.3 is 0 Å². The van der Waals surface area contributed by atoms with Gasteiger partial charge in [-0.1, -0.05) is 17.4 Å². The lowest BCUT2D eigenvalue weighted by atomic mass is 10.3. The molecule has 0 amide bonds. The maximum absolute atomic E-state index is 11.3. The fourth-order valence-corrected chi connectivity index (χ4v) is 2.09. The number of hydrogen-bond donors (Lipinski definition) is 0. The zero-order valence-corrected chi connectivity index (χ0v) is 9.59. The average molecular weight is 271 g/mol. The van der Waals surface area contributed by atoms with Crippen molar-refractivity contribution in [3.8, 4) is 0 Å². The largest absolute Gasteiger partial charge is 0.307 e. The van der Waals surface area contributed by atoms with Gasteiger partial charge in [0, 0.05) is 11.6 Å². The molecule has 2 aromatic rings. The second-order valence-electron chi connectivity index (χ2n) is 2.75. The highest BCUT2D eigenvalue weighted by Gasteiger charge is 1.99. The first-order valence-corrected chi connectivity index (χ1v) is 5.68. The van der Waals surface area contributed by atoms with Gasteiger partial charge in [-0.2, -0.15) is 0 Å². The van der Waals surface area contributed by atoms with E-state index in [-0.39, 0.29) is 4.87 Å². The molecule has 0 atom stereocenters. The smallest absolute Gasteiger partial charge is 0.300 e. The average Bonchev–Trinajstić information content (AvgIpc) is 2.52. The molecule has 14 heavy (non-hydrogen) atoms. The molecule has 0 spiro atoms. The van der Waals surface area contributed by atoms with Gasteiger partial charge in [0.05, 0.1) is 12.2 Å². The summed E-state index contributed by atoms with van der Waals surface area (Å²) in [7, 11) is 0. The Morgan fingerprint density at radius 3 is 3.00 bits per heavy atom. The predicted molar refractivity (Wildman–Crippen MR) is 59.6 cm³/mol. The summed E-state index contributed by atoms with van der Waals surface area (Å²) in [4.78, 5) is 15.5. The van der Waals surface area contributed by atoms with E-state index in [0.29, 0.717) is 6.54 Å². The van der Waals surface area contributed by atoms with Crippen molar-refractivity contribution in [1.29, 1.82) is 0 Å². The van der Waals surface area contributed by atoms with Crippen LogP contribution in [-0.4, -0.2) is 9.55 Å². The summed E-state index contributed by atoms with van der Waals surface area (Å²) >= 11 is 4.48. The maximum Gasteiger partial charge on any atom is 0.307 e. The van der Waals surface area contributed by atoms with E-state index < -0.39 is 0 Å². The van der Waals surface area contributed by atoms with Crippen LogP contribution >= 0.6 is 27.3 Å². The lowest BCUT2D eigenvalue weighted by Crippen LogP contribution is -2.13. The molecule has 0 aliphatic carbocycles. The SMILES string of the molecule is O=c1sccn1Cc1cccc(Br)n1. The normalized spacial score (nSPS) is 10.4. The molecule has 0 saturated carbocycles. The summed E-state index contributed by atoms with van der Waals surface area (Å²) in [5, 5.41) is 1.78. The quantitative estimate of drug-likeness (QED) is 0.784. The predicted octanol–water partition coefficient (Wildman–Crippen LogP) is 2.12. The van der Waals surface area contributed by atoms with Crippen LogP contribution in [0.15, 0.2) is 39.2 Å². The number of thiazole rings is 1. The van der Waals surface area contributed by atoms with Crippen molar-refractivity contribution in [2.75, 3.05) is 0 Å². The fraction of sp³-hybridized carbons (Fsp3) is 0.111. The van der Waals surface area contributed by atoms with Gasteiger partial charge in [-0.05, 0) is 28.1 Å². The molecule has 2 rings (SSSR count). The van der Waals surface area contributed by atoms with E-state index in [0.717, 1.165) is 10.3 Å². The molecule has 0 fully saturated rings. The van der Waals surface area contributed by atoms with E-state index in [1.54, 1.807) is 16.1 Å². The third-order valence-electron chi connectivity index (χ3n) is 1.75. The first kappa shape index (κ1) is 9.61. The van der Waals surface area contributed by atoms with E-state index in [1.807, 2.05) is 18.2 Å². The Bertz CT molecular complexity index is 491. The standard InChI is InChI=1S/C9H7BrN2OS/c10-8-3-1-2-7(11-8)6-12-4-5-14-9(12)13/h1-5H,6H2. The molecule has 0 unspecified atom stereocenters. The Morgan fingerprint density at radius 1 is 1.50 bits per heavy atom. The van der Waals surface area contributed by atoms with Crippen LogP contribution in [0.25, 0.3) is 0 Å². The third kappa shape index (κ3) is 2.10. The molecule has 0 aliphatic heterocycles. The number of rotatable bonds is 2. The minimum absolute atomic E-state index is 0.0479. The van der Waals surface area contributed by atoms with Crippen molar-refractivity contribution in [3.63, 3.8) is 0 Å². The van der Waals surface area contributed by atoms with Crippen LogP contribution in [-0.2, 0) is 6.54 Å². The number of halogens is 1. The first-order chi connectivity index (χ1) is 6.75. The van der Waals surface area contributed by atoms with E-state index >= 15 is 0 Å². The molecular formula is C9H7BrN2OS. The zero-order valence-electron chi connectivity index (χ0n) is 7.18. The van der Waals surface area contributed by atoms with Crippen LogP contribution in [0.2, 0.25) is 0 Å². The van der Waals surface area contributed by atoms with E-state index in [4.69, 9.17) is 0 Å². The molecule has 0 aromatic carbocycles. The third-order valence-corrected chi connectivity index (χ3v) is 2.88. The highest BCUT2D eigenvalue weighted by molar-refractivity contribution is 9.10. The molecule has 0 radical (unpaired) electrons. The van der Waals surface area contributed by atoms with Crippen molar-refractivity contribution >= 4 is 27.3 Å². The van der Waals surface area contributed by atoms with E-state index in [1.165, 1.54) is 11.3 Å². The Hall–Kier alpha value is -0.940. The van der Waals surface area contributed by atoms with Crippen molar-refractivity contribution in [3.05, 3.63) is 49.7 Å². The van der Waals surface area contributed by atoms with E-state index in [2.05, 4.69) is 20.9 Å². The first-order valence-electron chi connectivity index (χ1n) is 4.01. The Kier molecular flexibility index (Phi) is 2.79. The summed E-state index contributed by atoms with van der Waals surface area (Å²) in [6.07, 6.45) is 1.77. The van der Waals surface area contributed by atoms with Gasteiger partial charge in [-0.3, -0.25) is 9.36 Å². The number of hydrogen-bond acceptors (Lipinski definition) is 3. The summed E-state index contributed by atoms with van der Waals surface area (Å²) in [5.41, 5.74) is 0.875. The monoisotopic (exact) mass is 270 g/mol. The van der Waals surface area contributed by atoms with Gasteiger partial charge in [0.15, 0.2) is 0 Å². The zero-order chi connectivity index (χ0) is 9.97. The molecule has 0 aliphatic rings. The second-order valence-corrected chi connectivity index (χ2v) is 4.42. The van der Waals surface area contributed by atoms with Gasteiger partial charge in [0.2, 0.25) is 0 Å². The lowest BCUT2D eigenvalue weighted by Gasteiger charge is -2.00. The van der Waals surface area contributed by atoms with Gasteiger partial charge in [-0.15, -0.1) is 0 Å². The van der Waals surface area contributed by atoms with Gasteiger partial charge >= 0.3 is 4.87 Å².